The molecule has 1 saturated heterocycles. The van der Waals surface area contributed by atoms with Crippen LogP contribution in [0.4, 0.5) is 5.82 Å². The molecule has 0 spiro atoms. The Bertz CT molecular complexity index is 983. The highest BCUT2D eigenvalue weighted by Gasteiger charge is 2.36. The van der Waals surface area contributed by atoms with Crippen molar-refractivity contribution in [3.63, 3.8) is 0 Å². The Morgan fingerprint density at radius 1 is 1.18 bits per heavy atom. The Kier molecular flexibility index (Phi) is 4.16. The number of likely N-dealkylation sites (tertiary alicyclic amines) is 1. The molecule has 4 heterocycles. The number of fused-ring (bicyclic) bond motifs is 4. The summed E-state index contributed by atoms with van der Waals surface area (Å²) in [6.45, 7) is 2.81. The van der Waals surface area contributed by atoms with E-state index < -0.39 is 0 Å². The Balaban J connectivity index is 1.41. The molecule has 1 amide bonds. The van der Waals surface area contributed by atoms with Gasteiger partial charge in [0, 0.05) is 55.0 Å². The minimum atomic E-state index is -0.000639. The number of pyridine rings is 1. The van der Waals surface area contributed by atoms with Crippen LogP contribution in [0, 0.1) is 5.92 Å². The fourth-order valence-electron chi connectivity index (χ4n) is 4.57. The molecular weight excluding hydrogens is 356 g/mol. The highest BCUT2D eigenvalue weighted by molar-refractivity contribution is 5.78. The minimum absolute atomic E-state index is 0.000639. The third kappa shape index (κ3) is 3.40. The SMILES string of the molecule is Nc1cc(-c2cc3n(c(=O)c2)C[C@H]2C[C@@H]3CN(CC(=O)NC3CC3)C2)ncn1. The summed E-state index contributed by atoms with van der Waals surface area (Å²) < 4.78 is 1.90. The van der Waals surface area contributed by atoms with E-state index in [1.807, 2.05) is 4.57 Å². The first-order chi connectivity index (χ1) is 13.5. The molecular formula is C20H24N6O2. The molecule has 0 aromatic carbocycles. The predicted molar refractivity (Wildman–Crippen MR) is 105 cm³/mol. The van der Waals surface area contributed by atoms with E-state index >= 15 is 0 Å². The first-order valence-corrected chi connectivity index (χ1v) is 9.89. The first kappa shape index (κ1) is 17.4. The number of carbonyl (C=O) groups excluding carboxylic acids is 1. The number of nitrogens with zero attached hydrogens (tertiary/aromatic N) is 4. The van der Waals surface area contributed by atoms with Gasteiger partial charge in [-0.1, -0.05) is 0 Å². The summed E-state index contributed by atoms with van der Waals surface area (Å²) in [5.41, 5.74) is 8.24. The molecule has 3 N–H and O–H groups in total. The quantitative estimate of drug-likeness (QED) is 0.804. The van der Waals surface area contributed by atoms with Gasteiger partial charge in [0.15, 0.2) is 0 Å². The van der Waals surface area contributed by atoms with Gasteiger partial charge in [-0.05, 0) is 31.2 Å². The van der Waals surface area contributed by atoms with Gasteiger partial charge in [-0.2, -0.15) is 0 Å². The zero-order chi connectivity index (χ0) is 19.3. The van der Waals surface area contributed by atoms with E-state index in [1.54, 1.807) is 12.1 Å². The number of aromatic nitrogens is 3. The predicted octanol–water partition coefficient (Wildman–Crippen LogP) is 0.585. The highest BCUT2D eigenvalue weighted by atomic mass is 16.2. The smallest absolute Gasteiger partial charge is 0.251 e. The average molecular weight is 380 g/mol. The van der Waals surface area contributed by atoms with Crippen LogP contribution in [0.3, 0.4) is 0 Å². The maximum Gasteiger partial charge on any atom is 0.251 e. The minimum Gasteiger partial charge on any atom is -0.384 e. The summed E-state index contributed by atoms with van der Waals surface area (Å²) in [7, 11) is 0. The summed E-state index contributed by atoms with van der Waals surface area (Å²) in [6.07, 6.45) is 4.67. The lowest BCUT2D eigenvalue weighted by Gasteiger charge is -2.42. The van der Waals surface area contributed by atoms with Crippen molar-refractivity contribution < 1.29 is 4.79 Å². The Hall–Kier alpha value is -2.74. The van der Waals surface area contributed by atoms with Crippen molar-refractivity contribution in [1.82, 2.24) is 24.8 Å². The highest BCUT2D eigenvalue weighted by Crippen LogP contribution is 2.36. The van der Waals surface area contributed by atoms with E-state index in [4.69, 9.17) is 5.73 Å². The number of hydrogen-bond donors (Lipinski definition) is 2. The van der Waals surface area contributed by atoms with Gasteiger partial charge in [0.2, 0.25) is 5.91 Å². The molecule has 2 aliphatic heterocycles. The summed E-state index contributed by atoms with van der Waals surface area (Å²) in [5.74, 6) is 1.14. The zero-order valence-electron chi connectivity index (χ0n) is 15.7. The molecule has 0 radical (unpaired) electrons. The molecule has 8 nitrogen and oxygen atoms in total. The molecule has 146 valence electrons. The van der Waals surface area contributed by atoms with Crippen LogP contribution in [-0.4, -0.2) is 51.0 Å². The number of carbonyl (C=O) groups is 1. The Morgan fingerprint density at radius 3 is 2.82 bits per heavy atom. The van der Waals surface area contributed by atoms with Crippen LogP contribution in [0.2, 0.25) is 0 Å². The molecule has 2 aromatic heterocycles. The maximum atomic E-state index is 12.8. The Morgan fingerprint density at radius 2 is 2.04 bits per heavy atom. The lowest BCUT2D eigenvalue weighted by atomic mass is 9.82. The van der Waals surface area contributed by atoms with Crippen LogP contribution in [0.1, 0.15) is 30.9 Å². The molecule has 2 atom stereocenters. The summed E-state index contributed by atoms with van der Waals surface area (Å²) >= 11 is 0. The largest absolute Gasteiger partial charge is 0.384 e. The van der Waals surface area contributed by atoms with E-state index in [0.717, 1.165) is 43.6 Å². The first-order valence-electron chi connectivity index (χ1n) is 9.89. The summed E-state index contributed by atoms with van der Waals surface area (Å²) in [6, 6.07) is 5.76. The molecule has 3 aliphatic rings. The van der Waals surface area contributed by atoms with E-state index in [-0.39, 0.29) is 17.4 Å². The molecule has 1 saturated carbocycles. The van der Waals surface area contributed by atoms with Crippen molar-refractivity contribution in [3.8, 4) is 11.3 Å². The number of piperidine rings is 1. The molecule has 1 aliphatic carbocycles. The molecule has 2 bridgehead atoms. The van der Waals surface area contributed by atoms with Crippen molar-refractivity contribution in [2.75, 3.05) is 25.4 Å². The van der Waals surface area contributed by atoms with Crippen molar-refractivity contribution >= 4 is 11.7 Å². The standard InChI is InChI=1S/C20H24N6O2/c21-18-6-16(22-11-23-18)13-4-17-14-3-12(8-26(17)20(28)5-13)7-25(9-14)10-19(27)24-15-1-2-15/h4-6,11-12,14-15H,1-3,7-10H2,(H,24,27)(H2,21,22,23)/t12-,14+/m0/s1. The molecule has 0 unspecified atom stereocenters. The number of nitrogens with one attached hydrogen (secondary N) is 1. The molecule has 8 heteroatoms. The number of nitrogen functional groups attached to an aromatic ring is 1. The van der Waals surface area contributed by atoms with Gasteiger partial charge in [-0.15, -0.1) is 0 Å². The third-order valence-electron chi connectivity index (χ3n) is 5.93. The van der Waals surface area contributed by atoms with Crippen LogP contribution in [0.5, 0.6) is 0 Å². The number of anilines is 1. The van der Waals surface area contributed by atoms with Gasteiger partial charge < -0.3 is 15.6 Å². The second kappa shape index (κ2) is 6.70. The van der Waals surface area contributed by atoms with E-state index in [9.17, 15) is 9.59 Å². The van der Waals surface area contributed by atoms with Crippen molar-refractivity contribution in [1.29, 1.82) is 0 Å². The van der Waals surface area contributed by atoms with Crippen LogP contribution < -0.4 is 16.6 Å². The monoisotopic (exact) mass is 380 g/mol. The number of amides is 1. The van der Waals surface area contributed by atoms with Gasteiger partial charge >= 0.3 is 0 Å². The number of nitrogens with two attached hydrogens (primary N) is 1. The molecule has 28 heavy (non-hydrogen) atoms. The fraction of sp³-hybridized carbons (Fsp3) is 0.500. The third-order valence-corrected chi connectivity index (χ3v) is 5.93. The lowest BCUT2D eigenvalue weighted by molar-refractivity contribution is -0.123. The number of hydrogen-bond acceptors (Lipinski definition) is 6. The topological polar surface area (TPSA) is 106 Å². The van der Waals surface area contributed by atoms with Crippen LogP contribution in [0.25, 0.3) is 11.3 Å². The second-order valence-electron chi connectivity index (χ2n) is 8.28. The van der Waals surface area contributed by atoms with Crippen LogP contribution >= 0.6 is 0 Å². The van der Waals surface area contributed by atoms with Crippen LogP contribution in [0.15, 0.2) is 29.3 Å². The van der Waals surface area contributed by atoms with Crippen molar-refractivity contribution in [3.05, 3.63) is 40.6 Å². The van der Waals surface area contributed by atoms with Gasteiger partial charge in [-0.3, -0.25) is 14.5 Å². The average Bonchev–Trinajstić information content (AvgIpc) is 3.46. The molecule has 2 fully saturated rings. The lowest BCUT2D eigenvalue weighted by Crippen LogP contribution is -2.50. The number of rotatable bonds is 4. The second-order valence-corrected chi connectivity index (χ2v) is 8.28. The van der Waals surface area contributed by atoms with E-state index in [1.165, 1.54) is 6.33 Å². The van der Waals surface area contributed by atoms with E-state index in [2.05, 4.69) is 26.3 Å². The van der Waals surface area contributed by atoms with Crippen molar-refractivity contribution in [2.45, 2.75) is 37.8 Å². The molecule has 2 aromatic rings. The molecule has 5 rings (SSSR count). The summed E-state index contributed by atoms with van der Waals surface area (Å²) in [5, 5.41) is 3.07. The van der Waals surface area contributed by atoms with Gasteiger partial charge in [0.1, 0.15) is 12.1 Å². The van der Waals surface area contributed by atoms with Gasteiger partial charge in [-0.25, -0.2) is 9.97 Å². The summed E-state index contributed by atoms with van der Waals surface area (Å²) in [4.78, 5) is 35.4. The van der Waals surface area contributed by atoms with Crippen LogP contribution in [-0.2, 0) is 11.3 Å². The zero-order valence-corrected chi connectivity index (χ0v) is 15.7. The Labute approximate surface area is 162 Å². The normalized spacial score (nSPS) is 23.9. The van der Waals surface area contributed by atoms with E-state index in [0.29, 0.717) is 36.6 Å². The van der Waals surface area contributed by atoms with Crippen molar-refractivity contribution in [2.24, 2.45) is 5.92 Å². The maximum absolute atomic E-state index is 12.8. The van der Waals surface area contributed by atoms with Gasteiger partial charge in [0.05, 0.1) is 12.2 Å². The van der Waals surface area contributed by atoms with Gasteiger partial charge in [0.25, 0.3) is 5.56 Å². The fourth-order valence-corrected chi connectivity index (χ4v) is 4.57.